The fourth-order valence-corrected chi connectivity index (χ4v) is 1.69. The molecule has 0 aliphatic heterocycles. The Labute approximate surface area is 75.4 Å². The molecule has 0 aromatic carbocycles. The molecule has 4 heteroatoms. The fraction of sp³-hybridized carbons (Fsp3) is 0.375. The van der Waals surface area contributed by atoms with Crippen LogP contribution in [0, 0.1) is 11.3 Å². The largest absolute Gasteiger partial charge is 0.496 e. The molecular formula is C8H10N2OS. The highest BCUT2D eigenvalue weighted by molar-refractivity contribution is 7.10. The summed E-state index contributed by atoms with van der Waals surface area (Å²) in [5.41, 5.74) is 5.71. The van der Waals surface area contributed by atoms with Gasteiger partial charge in [-0.1, -0.05) is 0 Å². The molecule has 0 bridgehead atoms. The quantitative estimate of drug-likeness (QED) is 0.773. The van der Waals surface area contributed by atoms with Crippen molar-refractivity contribution in [2.45, 2.75) is 12.5 Å². The molecule has 0 aliphatic rings. The first kappa shape index (κ1) is 9.04. The zero-order valence-corrected chi connectivity index (χ0v) is 7.60. The number of ether oxygens (including phenoxy) is 1. The van der Waals surface area contributed by atoms with Gasteiger partial charge >= 0.3 is 0 Å². The van der Waals surface area contributed by atoms with E-state index >= 15 is 0 Å². The van der Waals surface area contributed by atoms with E-state index in [2.05, 4.69) is 0 Å². The first-order valence-corrected chi connectivity index (χ1v) is 4.41. The molecule has 0 amide bonds. The summed E-state index contributed by atoms with van der Waals surface area (Å²) in [6, 6.07) is 3.72. The van der Waals surface area contributed by atoms with Crippen LogP contribution in [0.4, 0.5) is 0 Å². The normalized spacial score (nSPS) is 12.1. The maximum Gasteiger partial charge on any atom is 0.129 e. The number of hydrogen-bond donors (Lipinski definition) is 1. The Bertz CT molecular complexity index is 289. The van der Waals surface area contributed by atoms with Crippen molar-refractivity contribution in [3.8, 4) is 11.8 Å². The molecule has 0 fully saturated rings. The van der Waals surface area contributed by atoms with Gasteiger partial charge in [-0.25, -0.2) is 0 Å². The smallest absolute Gasteiger partial charge is 0.129 e. The predicted octanol–water partition coefficient (Wildman–Crippen LogP) is 1.67. The van der Waals surface area contributed by atoms with E-state index < -0.39 is 0 Å². The second kappa shape index (κ2) is 4.10. The standard InChI is InChI=1S/C8H10N2OS/c1-11-6-4-8(12-5-6)7(10)2-3-9/h4-5,7H,2,10H2,1H3. The van der Waals surface area contributed by atoms with Gasteiger partial charge in [0.25, 0.3) is 0 Å². The van der Waals surface area contributed by atoms with Crippen LogP contribution < -0.4 is 10.5 Å². The van der Waals surface area contributed by atoms with Gasteiger partial charge in [-0.3, -0.25) is 0 Å². The van der Waals surface area contributed by atoms with Crippen LogP contribution in [0.1, 0.15) is 17.3 Å². The summed E-state index contributed by atoms with van der Waals surface area (Å²) in [6.45, 7) is 0. The van der Waals surface area contributed by atoms with Crippen molar-refractivity contribution in [3.63, 3.8) is 0 Å². The van der Waals surface area contributed by atoms with Crippen LogP contribution in [0.2, 0.25) is 0 Å². The van der Waals surface area contributed by atoms with Gasteiger partial charge in [0.05, 0.1) is 25.6 Å². The summed E-state index contributed by atoms with van der Waals surface area (Å²) in [6.07, 6.45) is 0.351. The van der Waals surface area contributed by atoms with Gasteiger partial charge in [-0.15, -0.1) is 11.3 Å². The minimum Gasteiger partial charge on any atom is -0.496 e. The van der Waals surface area contributed by atoms with E-state index in [1.165, 1.54) is 11.3 Å². The van der Waals surface area contributed by atoms with E-state index in [9.17, 15) is 0 Å². The number of nitrogens with two attached hydrogens (primary N) is 1. The van der Waals surface area contributed by atoms with Crippen LogP contribution in [0.15, 0.2) is 11.4 Å². The van der Waals surface area contributed by atoms with Crippen molar-refractivity contribution < 1.29 is 4.74 Å². The molecule has 1 rings (SSSR count). The van der Waals surface area contributed by atoms with Crippen LogP contribution in [0.25, 0.3) is 0 Å². The SMILES string of the molecule is COc1csc(C(N)CC#N)c1. The molecule has 0 aliphatic carbocycles. The molecule has 0 saturated carbocycles. The van der Waals surface area contributed by atoms with Crippen molar-refractivity contribution in [1.29, 1.82) is 5.26 Å². The number of thiophene rings is 1. The third-order valence-corrected chi connectivity index (χ3v) is 2.55. The average molecular weight is 182 g/mol. The van der Waals surface area contributed by atoms with Gasteiger partial charge in [0.15, 0.2) is 0 Å². The minimum absolute atomic E-state index is 0.177. The first-order valence-electron chi connectivity index (χ1n) is 3.53. The topological polar surface area (TPSA) is 59.0 Å². The number of rotatable bonds is 3. The highest BCUT2D eigenvalue weighted by Gasteiger charge is 2.08. The lowest BCUT2D eigenvalue weighted by atomic mass is 10.2. The lowest BCUT2D eigenvalue weighted by molar-refractivity contribution is 0.416. The molecule has 3 nitrogen and oxygen atoms in total. The fourth-order valence-electron chi connectivity index (χ4n) is 0.835. The summed E-state index contributed by atoms with van der Waals surface area (Å²) in [7, 11) is 1.61. The average Bonchev–Trinajstić information content (AvgIpc) is 2.52. The van der Waals surface area contributed by atoms with E-state index in [1.54, 1.807) is 7.11 Å². The molecule has 64 valence electrons. The summed E-state index contributed by atoms with van der Waals surface area (Å²) in [4.78, 5) is 0.994. The van der Waals surface area contributed by atoms with Gasteiger partial charge in [0, 0.05) is 10.3 Å². The summed E-state index contributed by atoms with van der Waals surface area (Å²) >= 11 is 1.52. The lowest BCUT2D eigenvalue weighted by Crippen LogP contribution is -2.06. The molecule has 12 heavy (non-hydrogen) atoms. The van der Waals surface area contributed by atoms with Crippen molar-refractivity contribution in [2.24, 2.45) is 5.73 Å². The molecule has 2 N–H and O–H groups in total. The van der Waals surface area contributed by atoms with Gasteiger partial charge in [-0.05, 0) is 6.07 Å². The molecule has 1 atom stereocenters. The van der Waals surface area contributed by atoms with Crippen molar-refractivity contribution >= 4 is 11.3 Å². The molecule has 1 aromatic rings. The van der Waals surface area contributed by atoms with E-state index in [4.69, 9.17) is 15.7 Å². The maximum atomic E-state index is 8.41. The van der Waals surface area contributed by atoms with E-state index in [0.717, 1.165) is 10.6 Å². The van der Waals surface area contributed by atoms with Gasteiger partial charge < -0.3 is 10.5 Å². The Morgan fingerprint density at radius 2 is 2.58 bits per heavy atom. The zero-order valence-electron chi connectivity index (χ0n) is 6.78. The van der Waals surface area contributed by atoms with Crippen molar-refractivity contribution in [2.75, 3.05) is 7.11 Å². The third kappa shape index (κ3) is 1.97. The molecule has 1 unspecified atom stereocenters. The van der Waals surface area contributed by atoms with E-state index in [-0.39, 0.29) is 6.04 Å². The molecule has 0 radical (unpaired) electrons. The number of methoxy groups -OCH3 is 1. The lowest BCUT2D eigenvalue weighted by Gasteiger charge is -2.01. The first-order chi connectivity index (χ1) is 5.77. The molecular weight excluding hydrogens is 172 g/mol. The van der Waals surface area contributed by atoms with Crippen LogP contribution in [-0.2, 0) is 0 Å². The van der Waals surface area contributed by atoms with Crippen molar-refractivity contribution in [1.82, 2.24) is 0 Å². The summed E-state index contributed by atoms with van der Waals surface area (Å²) in [5.74, 6) is 0.809. The number of hydrogen-bond acceptors (Lipinski definition) is 4. The van der Waals surface area contributed by atoms with Gasteiger partial charge in [0.2, 0.25) is 0 Å². The highest BCUT2D eigenvalue weighted by Crippen LogP contribution is 2.26. The third-order valence-electron chi connectivity index (χ3n) is 1.51. The van der Waals surface area contributed by atoms with E-state index in [1.807, 2.05) is 17.5 Å². The van der Waals surface area contributed by atoms with Gasteiger partial charge in [-0.2, -0.15) is 5.26 Å². The van der Waals surface area contributed by atoms with E-state index in [0.29, 0.717) is 6.42 Å². The summed E-state index contributed by atoms with van der Waals surface area (Å²) in [5, 5.41) is 10.3. The molecule has 0 saturated heterocycles. The molecule has 1 aromatic heterocycles. The Balaban J connectivity index is 2.69. The molecule has 0 spiro atoms. The Hall–Kier alpha value is -1.05. The highest BCUT2D eigenvalue weighted by atomic mass is 32.1. The summed E-state index contributed by atoms with van der Waals surface area (Å²) < 4.78 is 5.00. The van der Waals surface area contributed by atoms with Crippen LogP contribution >= 0.6 is 11.3 Å². The number of nitriles is 1. The van der Waals surface area contributed by atoms with Crippen LogP contribution in [0.5, 0.6) is 5.75 Å². The minimum atomic E-state index is -0.177. The van der Waals surface area contributed by atoms with Crippen LogP contribution in [-0.4, -0.2) is 7.11 Å². The van der Waals surface area contributed by atoms with Crippen LogP contribution in [0.3, 0.4) is 0 Å². The number of nitrogens with zero attached hydrogens (tertiary/aromatic N) is 1. The zero-order chi connectivity index (χ0) is 8.97. The molecule has 1 heterocycles. The monoisotopic (exact) mass is 182 g/mol. The Morgan fingerprint density at radius 3 is 3.08 bits per heavy atom. The predicted molar refractivity (Wildman–Crippen MR) is 48.0 cm³/mol. The van der Waals surface area contributed by atoms with Gasteiger partial charge in [0.1, 0.15) is 5.75 Å². The Kier molecular flexibility index (Phi) is 3.09. The second-order valence-electron chi connectivity index (χ2n) is 2.36. The van der Waals surface area contributed by atoms with Crippen molar-refractivity contribution in [3.05, 3.63) is 16.3 Å². The second-order valence-corrected chi connectivity index (χ2v) is 3.30. The maximum absolute atomic E-state index is 8.41. The Morgan fingerprint density at radius 1 is 1.83 bits per heavy atom.